The van der Waals surface area contributed by atoms with Crippen LogP contribution in [-0.4, -0.2) is 37.5 Å². The van der Waals surface area contributed by atoms with E-state index in [9.17, 15) is 4.79 Å². The van der Waals surface area contributed by atoms with Gasteiger partial charge in [-0.1, -0.05) is 71.8 Å². The molecule has 2 saturated heterocycles. The molecule has 4 heteroatoms. The second-order valence-electron chi connectivity index (χ2n) is 7.75. The van der Waals surface area contributed by atoms with Gasteiger partial charge in [0.1, 0.15) is 6.10 Å². The van der Waals surface area contributed by atoms with Crippen LogP contribution in [0.4, 0.5) is 0 Å². The topological polar surface area (TPSA) is 44.8 Å². The predicted octanol–water partition coefficient (Wildman–Crippen LogP) is 4.36. The summed E-state index contributed by atoms with van der Waals surface area (Å²) in [5.41, 5.74) is 4.54. The van der Waals surface area contributed by atoms with Gasteiger partial charge in [-0.2, -0.15) is 0 Å². The fourth-order valence-electron chi connectivity index (χ4n) is 3.70. The van der Waals surface area contributed by atoms with Gasteiger partial charge in [0.05, 0.1) is 19.3 Å². The van der Waals surface area contributed by atoms with Gasteiger partial charge in [-0.3, -0.25) is 0 Å². The number of aryl methyl sites for hydroxylation is 2. The van der Waals surface area contributed by atoms with E-state index < -0.39 is 0 Å². The van der Waals surface area contributed by atoms with Crippen LogP contribution in [0.15, 0.2) is 60.7 Å². The molecule has 2 heterocycles. The van der Waals surface area contributed by atoms with Crippen molar-refractivity contribution in [3.05, 3.63) is 82.9 Å². The molecule has 4 rings (SSSR count). The van der Waals surface area contributed by atoms with Gasteiger partial charge in [-0.25, -0.2) is 4.79 Å². The molecule has 4 nitrogen and oxygen atoms in total. The standard InChI is InChI=1S/C25H26O4/c1-17-3-7-19(8-4-17)11-13-21-15-27-25-22(16-28-24(21)25)29-23(26)14-12-20-9-5-18(2)6-10-20/h3-14,21-22,24-25H,15-16H2,1-2H3/b13-11?,14-12+/t21-,22-,24-,25-/m1/s1. The molecule has 0 amide bonds. The average molecular weight is 390 g/mol. The number of benzene rings is 2. The van der Waals surface area contributed by atoms with Gasteiger partial charge in [0.15, 0.2) is 6.10 Å². The third-order valence-corrected chi connectivity index (χ3v) is 5.42. The number of fused-ring (bicyclic) bond motifs is 1. The maximum absolute atomic E-state index is 12.2. The van der Waals surface area contributed by atoms with Crippen LogP contribution in [0.3, 0.4) is 0 Å². The first-order chi connectivity index (χ1) is 14.1. The molecular weight excluding hydrogens is 364 g/mol. The van der Waals surface area contributed by atoms with Gasteiger partial charge in [0, 0.05) is 12.0 Å². The molecule has 0 aliphatic carbocycles. The SMILES string of the molecule is Cc1ccc(C=C[C@@H]2CO[C@H]3[C@@H]2OC[C@H]3OC(=O)/C=C/c2ccc(C)cc2)cc1. The number of ether oxygens (including phenoxy) is 3. The summed E-state index contributed by atoms with van der Waals surface area (Å²) in [4.78, 5) is 12.2. The Morgan fingerprint density at radius 2 is 1.45 bits per heavy atom. The number of hydrogen-bond acceptors (Lipinski definition) is 4. The van der Waals surface area contributed by atoms with Crippen molar-refractivity contribution in [3.63, 3.8) is 0 Å². The van der Waals surface area contributed by atoms with Gasteiger partial charge in [0.25, 0.3) is 0 Å². The van der Waals surface area contributed by atoms with E-state index in [1.54, 1.807) is 6.08 Å². The third kappa shape index (κ3) is 4.84. The third-order valence-electron chi connectivity index (χ3n) is 5.42. The Labute approximate surface area is 171 Å². The Morgan fingerprint density at radius 3 is 2.10 bits per heavy atom. The van der Waals surface area contributed by atoms with Crippen LogP contribution >= 0.6 is 0 Å². The van der Waals surface area contributed by atoms with E-state index in [0.29, 0.717) is 13.2 Å². The van der Waals surface area contributed by atoms with Crippen LogP contribution < -0.4 is 0 Å². The summed E-state index contributed by atoms with van der Waals surface area (Å²) in [6.07, 6.45) is 6.81. The highest BCUT2D eigenvalue weighted by atomic mass is 16.6. The van der Waals surface area contributed by atoms with E-state index in [-0.39, 0.29) is 30.2 Å². The lowest BCUT2D eigenvalue weighted by Crippen LogP contribution is -2.32. The van der Waals surface area contributed by atoms with Gasteiger partial charge in [-0.05, 0) is 31.1 Å². The number of esters is 1. The van der Waals surface area contributed by atoms with E-state index in [1.807, 2.05) is 31.2 Å². The van der Waals surface area contributed by atoms with E-state index >= 15 is 0 Å². The molecule has 0 bridgehead atoms. The predicted molar refractivity (Wildman–Crippen MR) is 113 cm³/mol. The van der Waals surface area contributed by atoms with Crippen molar-refractivity contribution in [1.82, 2.24) is 0 Å². The lowest BCUT2D eigenvalue weighted by molar-refractivity contribution is -0.147. The fraction of sp³-hybridized carbons (Fsp3) is 0.320. The van der Waals surface area contributed by atoms with E-state index in [1.165, 1.54) is 17.2 Å². The molecule has 29 heavy (non-hydrogen) atoms. The van der Waals surface area contributed by atoms with Crippen molar-refractivity contribution >= 4 is 18.1 Å². The van der Waals surface area contributed by atoms with Crippen LogP contribution in [0.5, 0.6) is 0 Å². The second kappa shape index (κ2) is 8.76. The Hall–Kier alpha value is -2.69. The monoisotopic (exact) mass is 390 g/mol. The largest absolute Gasteiger partial charge is 0.454 e. The lowest BCUT2D eigenvalue weighted by Gasteiger charge is -2.15. The fourth-order valence-corrected chi connectivity index (χ4v) is 3.70. The van der Waals surface area contributed by atoms with Crippen molar-refractivity contribution in [2.45, 2.75) is 32.2 Å². The number of carbonyl (C=O) groups excluding carboxylic acids is 1. The van der Waals surface area contributed by atoms with Gasteiger partial charge >= 0.3 is 5.97 Å². The smallest absolute Gasteiger partial charge is 0.331 e. The second-order valence-corrected chi connectivity index (χ2v) is 7.75. The summed E-state index contributed by atoms with van der Waals surface area (Å²) in [6.45, 7) is 5.05. The number of carbonyl (C=O) groups is 1. The maximum atomic E-state index is 12.2. The Balaban J connectivity index is 1.32. The Morgan fingerprint density at radius 1 is 0.862 bits per heavy atom. The van der Waals surface area contributed by atoms with Crippen molar-refractivity contribution < 1.29 is 19.0 Å². The van der Waals surface area contributed by atoms with Crippen LogP contribution in [0.25, 0.3) is 12.2 Å². The highest BCUT2D eigenvalue weighted by molar-refractivity contribution is 5.87. The Kier molecular flexibility index (Phi) is 5.93. The van der Waals surface area contributed by atoms with Gasteiger partial charge in [-0.15, -0.1) is 0 Å². The zero-order valence-corrected chi connectivity index (χ0v) is 16.8. The minimum absolute atomic E-state index is 0.0735. The molecule has 4 atom stereocenters. The van der Waals surface area contributed by atoms with Crippen molar-refractivity contribution in [1.29, 1.82) is 0 Å². The van der Waals surface area contributed by atoms with Crippen LogP contribution in [-0.2, 0) is 19.0 Å². The minimum Gasteiger partial charge on any atom is -0.454 e. The normalized spacial score (nSPS) is 26.3. The molecule has 2 aliphatic heterocycles. The molecule has 2 fully saturated rings. The molecular formula is C25H26O4. The molecule has 0 spiro atoms. The van der Waals surface area contributed by atoms with Crippen molar-refractivity contribution in [3.8, 4) is 0 Å². The quantitative estimate of drug-likeness (QED) is 0.562. The first kappa shape index (κ1) is 19.6. The Bertz CT molecular complexity index is 895. The average Bonchev–Trinajstić information content (AvgIpc) is 3.30. The number of rotatable bonds is 5. The first-order valence-electron chi connectivity index (χ1n) is 10.0. The molecule has 2 aromatic rings. The van der Waals surface area contributed by atoms with Gasteiger partial charge in [0.2, 0.25) is 0 Å². The van der Waals surface area contributed by atoms with Crippen molar-refractivity contribution in [2.75, 3.05) is 13.2 Å². The van der Waals surface area contributed by atoms with E-state index in [2.05, 4.69) is 43.3 Å². The summed E-state index contributed by atoms with van der Waals surface area (Å²) in [5.74, 6) is -0.213. The van der Waals surface area contributed by atoms with E-state index in [0.717, 1.165) is 11.1 Å². The summed E-state index contributed by atoms with van der Waals surface area (Å²) < 4.78 is 17.4. The van der Waals surface area contributed by atoms with E-state index in [4.69, 9.17) is 14.2 Å². The highest BCUT2D eigenvalue weighted by Gasteiger charge is 2.48. The minimum atomic E-state index is -0.373. The van der Waals surface area contributed by atoms with Crippen LogP contribution in [0.1, 0.15) is 22.3 Å². The van der Waals surface area contributed by atoms with Gasteiger partial charge < -0.3 is 14.2 Å². The highest BCUT2D eigenvalue weighted by Crippen LogP contribution is 2.33. The zero-order valence-electron chi connectivity index (χ0n) is 16.8. The molecule has 2 aliphatic rings. The van der Waals surface area contributed by atoms with Crippen LogP contribution in [0, 0.1) is 19.8 Å². The molecule has 0 saturated carbocycles. The molecule has 0 unspecified atom stereocenters. The first-order valence-corrected chi connectivity index (χ1v) is 10.0. The summed E-state index contributed by atoms with van der Waals surface area (Å²) in [7, 11) is 0. The summed E-state index contributed by atoms with van der Waals surface area (Å²) in [5, 5.41) is 0. The molecule has 0 N–H and O–H groups in total. The molecule has 150 valence electrons. The van der Waals surface area contributed by atoms with Crippen molar-refractivity contribution in [2.24, 2.45) is 5.92 Å². The molecule has 0 aromatic heterocycles. The zero-order chi connectivity index (χ0) is 20.2. The summed E-state index contributed by atoms with van der Waals surface area (Å²) >= 11 is 0. The summed E-state index contributed by atoms with van der Waals surface area (Å²) in [6, 6.07) is 16.4. The lowest BCUT2D eigenvalue weighted by atomic mass is 9.99. The maximum Gasteiger partial charge on any atom is 0.331 e. The molecule has 0 radical (unpaired) electrons. The number of hydrogen-bond donors (Lipinski definition) is 0. The van der Waals surface area contributed by atoms with Crippen LogP contribution in [0.2, 0.25) is 0 Å². The molecule has 2 aromatic carbocycles.